The number of phosphoric ester groups is 1. The molecule has 0 fully saturated rings. The summed E-state index contributed by atoms with van der Waals surface area (Å²) < 4.78 is 34.7. The van der Waals surface area contributed by atoms with E-state index in [2.05, 4.69) is 74.6 Å². The van der Waals surface area contributed by atoms with Crippen LogP contribution in [0.25, 0.3) is 0 Å². The van der Waals surface area contributed by atoms with Crippen LogP contribution >= 0.6 is 7.82 Å². The van der Waals surface area contributed by atoms with Gasteiger partial charge in [0.25, 0.3) is 0 Å². The van der Waals surface area contributed by atoms with Crippen molar-refractivity contribution >= 4 is 19.8 Å². The van der Waals surface area contributed by atoms with Crippen molar-refractivity contribution in [2.24, 2.45) is 0 Å². The summed E-state index contributed by atoms with van der Waals surface area (Å²) in [6, 6.07) is 0. The van der Waals surface area contributed by atoms with E-state index >= 15 is 0 Å². The maximum absolute atomic E-state index is 12.9. The van der Waals surface area contributed by atoms with E-state index in [0.717, 1.165) is 70.6 Å². The smallest absolute Gasteiger partial charge is 0.462 e. The minimum atomic E-state index is -4.39. The number of phosphoric acid groups is 1. The van der Waals surface area contributed by atoms with Crippen LogP contribution in [-0.4, -0.2) is 74.9 Å². The minimum absolute atomic E-state index is 0.0312. The molecule has 0 aromatic heterocycles. The van der Waals surface area contributed by atoms with E-state index in [1.165, 1.54) is 238 Å². The highest BCUT2D eigenvalue weighted by atomic mass is 31.2. The van der Waals surface area contributed by atoms with Crippen molar-refractivity contribution in [3.05, 3.63) is 60.8 Å². The summed E-state index contributed by atoms with van der Waals surface area (Å²) in [4.78, 5) is 35.9. The van der Waals surface area contributed by atoms with Crippen molar-refractivity contribution < 1.29 is 42.1 Å². The van der Waals surface area contributed by atoms with E-state index in [1.807, 2.05) is 21.1 Å². The quantitative estimate of drug-likeness (QED) is 0.0211. The van der Waals surface area contributed by atoms with E-state index in [1.54, 1.807) is 0 Å². The van der Waals surface area contributed by atoms with Gasteiger partial charge in [0, 0.05) is 12.8 Å². The Labute approximate surface area is 515 Å². The first-order valence-electron chi connectivity index (χ1n) is 35.5. The minimum Gasteiger partial charge on any atom is -0.462 e. The summed E-state index contributed by atoms with van der Waals surface area (Å²) in [5, 5.41) is 0. The summed E-state index contributed by atoms with van der Waals surface area (Å²) in [7, 11) is 1.49. The van der Waals surface area contributed by atoms with Gasteiger partial charge in [0.1, 0.15) is 19.8 Å². The van der Waals surface area contributed by atoms with Crippen molar-refractivity contribution in [1.29, 1.82) is 0 Å². The largest absolute Gasteiger partial charge is 0.472 e. The average molecular weight is 1190 g/mol. The van der Waals surface area contributed by atoms with Crippen LogP contribution in [0.1, 0.15) is 341 Å². The molecule has 0 saturated heterocycles. The molecular formula is C73H137NO8P+. The molecule has 486 valence electrons. The lowest BCUT2D eigenvalue weighted by Gasteiger charge is -2.24. The fraction of sp³-hybridized carbons (Fsp3) is 0.836. The van der Waals surface area contributed by atoms with Gasteiger partial charge in [-0.15, -0.1) is 0 Å². The first kappa shape index (κ1) is 80.7. The van der Waals surface area contributed by atoms with Crippen molar-refractivity contribution in [3.8, 4) is 0 Å². The molecule has 0 aromatic carbocycles. The number of quaternary nitrogens is 1. The molecule has 2 unspecified atom stereocenters. The normalized spacial score (nSPS) is 13.5. The number of ether oxygens (including phenoxy) is 2. The number of allylic oxidation sites excluding steroid dienone is 10. The SMILES string of the molecule is CC/C=C\C/C=C\C/C=C\C/C=C\C/C=C\CCCCCCCCCCCCCC(=O)OC(COC(=O)CCCCCCCCCCCCCCCCCCCCCCCCCCCCCCCCCC)COP(=O)(O)OCC[N+](C)(C)C. The lowest BCUT2D eigenvalue weighted by Crippen LogP contribution is -2.37. The monoisotopic (exact) mass is 1190 g/mol. The number of rotatable bonds is 66. The molecule has 0 radical (unpaired) electrons. The standard InChI is InChI=1S/C73H136NO8P/c1-6-8-10-12-14-16-18-20-22-24-26-28-30-32-34-35-36-37-38-40-41-43-45-47-49-51-53-55-57-59-61-63-65-72(75)79-69-71(70-81-83(77,78)80-68-67-74(3,4)5)82-73(76)66-64-62-60-58-56-54-52-50-48-46-44-42-39-33-31-29-27-25-23-21-19-17-15-13-11-9-7-2/h9,11,15,17,21,23,27,29,33,39,71H,6-8,10,12-14,16,18-20,22,24-26,28,30-32,34-38,40-70H2,1-5H3/p+1/b11-9-,17-15-,23-21-,29-27-,39-33-. The highest BCUT2D eigenvalue weighted by molar-refractivity contribution is 7.47. The number of carbonyl (C=O) groups excluding carboxylic acids is 2. The third kappa shape index (κ3) is 68.7. The molecular weight excluding hydrogens is 1050 g/mol. The van der Waals surface area contributed by atoms with Crippen molar-refractivity contribution in [3.63, 3.8) is 0 Å². The molecule has 0 heterocycles. The molecule has 0 aliphatic carbocycles. The summed E-state index contributed by atoms with van der Waals surface area (Å²) in [6.45, 7) is 4.37. The number of likely N-dealkylation sites (N-methyl/N-ethyl adjacent to an activating group) is 1. The number of carbonyl (C=O) groups is 2. The second kappa shape index (κ2) is 64.2. The van der Waals surface area contributed by atoms with Crippen molar-refractivity contribution in [2.45, 2.75) is 347 Å². The van der Waals surface area contributed by atoms with Crippen LogP contribution in [0, 0.1) is 0 Å². The fourth-order valence-electron chi connectivity index (χ4n) is 10.4. The van der Waals surface area contributed by atoms with Gasteiger partial charge < -0.3 is 18.9 Å². The first-order chi connectivity index (χ1) is 40.5. The number of unbranched alkanes of at least 4 members (excludes halogenated alkanes) is 42. The summed E-state index contributed by atoms with van der Waals surface area (Å²) >= 11 is 0. The molecule has 10 heteroatoms. The van der Waals surface area contributed by atoms with Crippen molar-refractivity contribution in [2.75, 3.05) is 47.5 Å². The lowest BCUT2D eigenvalue weighted by atomic mass is 10.0. The molecule has 0 amide bonds. The van der Waals surface area contributed by atoms with E-state index in [-0.39, 0.29) is 25.6 Å². The zero-order valence-electron chi connectivity index (χ0n) is 55.4. The number of hydrogen-bond donors (Lipinski definition) is 1. The van der Waals surface area contributed by atoms with Gasteiger partial charge in [-0.2, -0.15) is 0 Å². The van der Waals surface area contributed by atoms with Crippen LogP contribution < -0.4 is 0 Å². The maximum Gasteiger partial charge on any atom is 0.472 e. The second-order valence-corrected chi connectivity index (χ2v) is 26.7. The molecule has 0 aliphatic rings. The van der Waals surface area contributed by atoms with Gasteiger partial charge in [0.15, 0.2) is 6.10 Å². The van der Waals surface area contributed by atoms with Gasteiger partial charge >= 0.3 is 19.8 Å². The Hall–Kier alpha value is -2.29. The lowest BCUT2D eigenvalue weighted by molar-refractivity contribution is -0.870. The summed E-state index contributed by atoms with van der Waals surface area (Å²) in [5.41, 5.74) is 0. The van der Waals surface area contributed by atoms with Gasteiger partial charge in [0.05, 0.1) is 27.7 Å². The Morgan fingerprint density at radius 1 is 0.386 bits per heavy atom. The Bertz CT molecular complexity index is 1580. The summed E-state index contributed by atoms with van der Waals surface area (Å²) in [5.74, 6) is -0.786. The molecule has 0 saturated carbocycles. The van der Waals surface area contributed by atoms with Crippen LogP contribution in [0.15, 0.2) is 60.8 Å². The number of nitrogens with zero attached hydrogens (tertiary/aromatic N) is 1. The molecule has 2 atom stereocenters. The van der Waals surface area contributed by atoms with Gasteiger partial charge in [0.2, 0.25) is 0 Å². The average Bonchev–Trinajstić information content (AvgIpc) is 3.49. The van der Waals surface area contributed by atoms with Crippen molar-refractivity contribution in [1.82, 2.24) is 0 Å². The van der Waals surface area contributed by atoms with Crippen LogP contribution in [0.4, 0.5) is 0 Å². The predicted molar refractivity (Wildman–Crippen MR) is 358 cm³/mol. The molecule has 1 N–H and O–H groups in total. The second-order valence-electron chi connectivity index (χ2n) is 25.3. The highest BCUT2D eigenvalue weighted by Gasteiger charge is 2.27. The van der Waals surface area contributed by atoms with Crippen LogP contribution in [-0.2, 0) is 32.7 Å². The Morgan fingerprint density at radius 3 is 1.02 bits per heavy atom. The van der Waals surface area contributed by atoms with E-state index in [0.29, 0.717) is 23.9 Å². The first-order valence-corrected chi connectivity index (χ1v) is 37.0. The van der Waals surface area contributed by atoms with Gasteiger partial charge in [-0.05, 0) is 57.8 Å². The molecule has 0 spiro atoms. The Kier molecular flexibility index (Phi) is 62.4. The number of esters is 2. The van der Waals surface area contributed by atoms with Gasteiger partial charge in [-0.25, -0.2) is 4.57 Å². The van der Waals surface area contributed by atoms with E-state index in [4.69, 9.17) is 18.5 Å². The molecule has 0 rings (SSSR count). The van der Waals surface area contributed by atoms with Crippen LogP contribution in [0.3, 0.4) is 0 Å². The zero-order chi connectivity index (χ0) is 60.5. The maximum atomic E-state index is 12.9. The topological polar surface area (TPSA) is 108 Å². The Balaban J connectivity index is 4.00. The van der Waals surface area contributed by atoms with E-state index < -0.39 is 26.5 Å². The van der Waals surface area contributed by atoms with E-state index in [9.17, 15) is 19.0 Å². The fourth-order valence-corrected chi connectivity index (χ4v) is 11.1. The Morgan fingerprint density at radius 2 is 0.687 bits per heavy atom. The third-order valence-electron chi connectivity index (χ3n) is 15.8. The molecule has 83 heavy (non-hydrogen) atoms. The highest BCUT2D eigenvalue weighted by Crippen LogP contribution is 2.43. The zero-order valence-corrected chi connectivity index (χ0v) is 56.3. The van der Waals surface area contributed by atoms with Crippen LogP contribution in [0.5, 0.6) is 0 Å². The predicted octanol–water partition coefficient (Wildman–Crippen LogP) is 23.0. The third-order valence-corrected chi connectivity index (χ3v) is 16.8. The molecule has 9 nitrogen and oxygen atoms in total. The molecule has 0 aromatic rings. The van der Waals surface area contributed by atoms with Gasteiger partial charge in [-0.3, -0.25) is 18.6 Å². The number of hydrogen-bond acceptors (Lipinski definition) is 7. The summed E-state index contributed by atoms with van der Waals surface area (Å²) in [6.07, 6.45) is 84.8. The van der Waals surface area contributed by atoms with Gasteiger partial charge in [-0.1, -0.05) is 331 Å². The van der Waals surface area contributed by atoms with Crippen LogP contribution in [0.2, 0.25) is 0 Å². The molecule has 0 bridgehead atoms. The molecule has 0 aliphatic heterocycles.